The van der Waals surface area contributed by atoms with Gasteiger partial charge in [0.2, 0.25) is 5.13 Å². The Hall–Kier alpha value is -1.49. The lowest BCUT2D eigenvalue weighted by Gasteiger charge is -2.06. The molecule has 2 aromatic rings. The van der Waals surface area contributed by atoms with E-state index in [1.165, 1.54) is 28.2 Å². The second-order valence-corrected chi connectivity index (χ2v) is 4.18. The van der Waals surface area contributed by atoms with Crippen LogP contribution in [0, 0.1) is 13.8 Å². The van der Waals surface area contributed by atoms with Crippen molar-refractivity contribution in [2.75, 3.05) is 5.32 Å². The van der Waals surface area contributed by atoms with Crippen LogP contribution in [0.1, 0.15) is 16.7 Å². The second kappa shape index (κ2) is 4.35. The first-order valence-electron chi connectivity index (χ1n) is 4.71. The number of aryl methyl sites for hydroxylation is 2. The van der Waals surface area contributed by atoms with Crippen molar-refractivity contribution in [3.63, 3.8) is 0 Å². The van der Waals surface area contributed by atoms with Crippen LogP contribution < -0.4 is 5.32 Å². The van der Waals surface area contributed by atoms with Crippen molar-refractivity contribution in [3.05, 3.63) is 34.9 Å². The first-order valence-corrected chi connectivity index (χ1v) is 5.48. The molecule has 0 aliphatic heterocycles. The summed E-state index contributed by atoms with van der Waals surface area (Å²) in [5.41, 5.74) is 3.85. The molecule has 1 aromatic carbocycles. The normalized spacial score (nSPS) is 10.3. The van der Waals surface area contributed by atoms with E-state index in [0.717, 1.165) is 11.7 Å². The van der Waals surface area contributed by atoms with Crippen LogP contribution in [0.25, 0.3) is 0 Å². The van der Waals surface area contributed by atoms with Gasteiger partial charge in [0.15, 0.2) is 0 Å². The number of hydrogen-bond donors (Lipinski definition) is 1. The molecule has 0 radical (unpaired) electrons. The topological polar surface area (TPSA) is 50.7 Å². The highest BCUT2D eigenvalue weighted by Crippen LogP contribution is 2.13. The number of aromatic nitrogens is 3. The van der Waals surface area contributed by atoms with E-state index in [9.17, 15) is 0 Å². The van der Waals surface area contributed by atoms with Gasteiger partial charge >= 0.3 is 0 Å². The van der Waals surface area contributed by atoms with Crippen LogP contribution in [0.5, 0.6) is 0 Å². The summed E-state index contributed by atoms with van der Waals surface area (Å²) in [5.74, 6) is 0. The zero-order valence-corrected chi connectivity index (χ0v) is 9.51. The van der Waals surface area contributed by atoms with Crippen LogP contribution in [0.4, 0.5) is 5.13 Å². The van der Waals surface area contributed by atoms with E-state index in [1.807, 2.05) is 0 Å². The lowest BCUT2D eigenvalue weighted by Crippen LogP contribution is -2.01. The zero-order valence-electron chi connectivity index (χ0n) is 8.69. The van der Waals surface area contributed by atoms with Crippen molar-refractivity contribution in [3.8, 4) is 0 Å². The minimum absolute atomic E-state index is 0.759. The van der Waals surface area contributed by atoms with Crippen molar-refractivity contribution in [2.45, 2.75) is 20.4 Å². The number of nitrogens with one attached hydrogen (secondary N) is 1. The molecule has 0 aliphatic carbocycles. The third kappa shape index (κ3) is 2.50. The van der Waals surface area contributed by atoms with Gasteiger partial charge in [0.1, 0.15) is 0 Å². The summed E-state index contributed by atoms with van der Waals surface area (Å²) in [6.45, 7) is 4.98. The SMILES string of the molecule is Cc1ccc(CNc2nnns2)c(C)c1. The summed E-state index contributed by atoms with van der Waals surface area (Å²) in [5, 5.41) is 11.3. The fraction of sp³-hybridized carbons (Fsp3) is 0.300. The average molecular weight is 220 g/mol. The molecule has 0 aliphatic rings. The van der Waals surface area contributed by atoms with E-state index in [-0.39, 0.29) is 0 Å². The van der Waals surface area contributed by atoms with Crippen LogP contribution in [-0.4, -0.2) is 14.8 Å². The van der Waals surface area contributed by atoms with Crippen LogP contribution >= 0.6 is 11.5 Å². The molecule has 5 heteroatoms. The van der Waals surface area contributed by atoms with E-state index >= 15 is 0 Å². The van der Waals surface area contributed by atoms with Crippen molar-refractivity contribution in [1.82, 2.24) is 14.8 Å². The van der Waals surface area contributed by atoms with Gasteiger partial charge in [-0.05, 0) is 30.2 Å². The summed E-state index contributed by atoms with van der Waals surface area (Å²) < 4.78 is 3.69. The van der Waals surface area contributed by atoms with Crippen molar-refractivity contribution < 1.29 is 0 Å². The average Bonchev–Trinajstić information content (AvgIpc) is 2.69. The fourth-order valence-corrected chi connectivity index (χ4v) is 1.78. The zero-order chi connectivity index (χ0) is 10.7. The number of rotatable bonds is 3. The van der Waals surface area contributed by atoms with Gasteiger partial charge in [0, 0.05) is 18.1 Å². The van der Waals surface area contributed by atoms with Gasteiger partial charge in [-0.1, -0.05) is 33.3 Å². The van der Waals surface area contributed by atoms with Gasteiger partial charge in [-0.2, -0.15) is 0 Å². The molecule has 0 amide bonds. The molecule has 4 nitrogen and oxygen atoms in total. The first kappa shape index (κ1) is 10.0. The molecule has 1 heterocycles. The molecular weight excluding hydrogens is 208 g/mol. The van der Waals surface area contributed by atoms with E-state index in [2.05, 4.69) is 52.2 Å². The predicted octanol–water partition coefficient (Wildman–Crippen LogP) is 2.16. The Bertz CT molecular complexity index is 439. The Labute approximate surface area is 92.5 Å². The number of anilines is 1. The van der Waals surface area contributed by atoms with E-state index in [0.29, 0.717) is 0 Å². The van der Waals surface area contributed by atoms with E-state index in [4.69, 9.17) is 0 Å². The fourth-order valence-electron chi connectivity index (χ4n) is 1.42. The monoisotopic (exact) mass is 220 g/mol. The van der Waals surface area contributed by atoms with E-state index in [1.54, 1.807) is 0 Å². The Balaban J connectivity index is 2.05. The largest absolute Gasteiger partial charge is 0.355 e. The Kier molecular flexibility index (Phi) is 2.91. The van der Waals surface area contributed by atoms with Crippen LogP contribution in [-0.2, 0) is 6.54 Å². The number of hydrogen-bond acceptors (Lipinski definition) is 5. The summed E-state index contributed by atoms with van der Waals surface area (Å²) in [6.07, 6.45) is 0. The summed E-state index contributed by atoms with van der Waals surface area (Å²) in [6, 6.07) is 6.42. The maximum Gasteiger partial charge on any atom is 0.225 e. The van der Waals surface area contributed by atoms with Crippen molar-refractivity contribution in [1.29, 1.82) is 0 Å². The number of nitrogens with zero attached hydrogens (tertiary/aromatic N) is 3. The smallest absolute Gasteiger partial charge is 0.225 e. The molecule has 2 rings (SSSR count). The quantitative estimate of drug-likeness (QED) is 0.861. The Morgan fingerprint density at radius 1 is 1.33 bits per heavy atom. The van der Waals surface area contributed by atoms with Crippen molar-refractivity contribution in [2.24, 2.45) is 0 Å². The van der Waals surface area contributed by atoms with Crippen LogP contribution in [0.15, 0.2) is 18.2 Å². The molecule has 78 valence electrons. The first-order chi connectivity index (χ1) is 7.25. The summed E-state index contributed by atoms with van der Waals surface area (Å²) in [4.78, 5) is 0. The highest BCUT2D eigenvalue weighted by Gasteiger charge is 2.00. The van der Waals surface area contributed by atoms with E-state index < -0.39 is 0 Å². The maximum atomic E-state index is 3.82. The second-order valence-electron chi connectivity index (χ2n) is 3.45. The molecule has 0 unspecified atom stereocenters. The molecule has 0 saturated heterocycles. The van der Waals surface area contributed by atoms with Gasteiger partial charge < -0.3 is 5.32 Å². The van der Waals surface area contributed by atoms with Gasteiger partial charge in [0.25, 0.3) is 0 Å². The molecule has 0 saturated carbocycles. The third-order valence-electron chi connectivity index (χ3n) is 2.23. The van der Waals surface area contributed by atoms with Crippen molar-refractivity contribution >= 4 is 16.7 Å². The Morgan fingerprint density at radius 3 is 2.87 bits per heavy atom. The molecular formula is C10H12N4S. The highest BCUT2D eigenvalue weighted by atomic mass is 32.1. The minimum atomic E-state index is 0.759. The molecule has 0 bridgehead atoms. The van der Waals surface area contributed by atoms with Gasteiger partial charge in [-0.15, -0.1) is 0 Å². The highest BCUT2D eigenvalue weighted by molar-refractivity contribution is 7.09. The van der Waals surface area contributed by atoms with Crippen LogP contribution in [0.2, 0.25) is 0 Å². The van der Waals surface area contributed by atoms with Crippen LogP contribution in [0.3, 0.4) is 0 Å². The lowest BCUT2D eigenvalue weighted by molar-refractivity contribution is 0.949. The van der Waals surface area contributed by atoms with Gasteiger partial charge in [-0.25, -0.2) is 0 Å². The summed E-state index contributed by atoms with van der Waals surface area (Å²) >= 11 is 1.27. The maximum absolute atomic E-state index is 3.82. The summed E-state index contributed by atoms with van der Waals surface area (Å²) in [7, 11) is 0. The Morgan fingerprint density at radius 2 is 2.20 bits per heavy atom. The molecule has 1 aromatic heterocycles. The third-order valence-corrected chi connectivity index (χ3v) is 2.78. The predicted molar refractivity (Wildman–Crippen MR) is 60.9 cm³/mol. The standard InChI is InChI=1S/C10H12N4S/c1-7-3-4-9(8(2)5-7)6-11-10-12-13-14-15-10/h3-5H,6H2,1-2H3,(H,11,12,14). The minimum Gasteiger partial charge on any atom is -0.355 e. The van der Waals surface area contributed by atoms with Gasteiger partial charge in [-0.3, -0.25) is 0 Å². The molecule has 0 atom stereocenters. The number of benzene rings is 1. The molecule has 15 heavy (non-hydrogen) atoms. The lowest BCUT2D eigenvalue weighted by atomic mass is 10.1. The molecule has 0 spiro atoms. The molecule has 1 N–H and O–H groups in total. The molecule has 0 fully saturated rings. The van der Waals surface area contributed by atoms with Gasteiger partial charge in [0.05, 0.1) is 0 Å².